The van der Waals surface area contributed by atoms with Gasteiger partial charge in [-0.05, 0) is 32.4 Å². The van der Waals surface area contributed by atoms with Gasteiger partial charge >= 0.3 is 0 Å². The minimum Gasteiger partial charge on any atom is -0.330 e. The van der Waals surface area contributed by atoms with Crippen LogP contribution in [0.4, 0.5) is 0 Å². The molecule has 1 unspecified atom stereocenters. The van der Waals surface area contributed by atoms with Gasteiger partial charge in [-0.2, -0.15) is 0 Å². The zero-order valence-electron chi connectivity index (χ0n) is 7.63. The van der Waals surface area contributed by atoms with Gasteiger partial charge in [0, 0.05) is 25.2 Å². The second-order valence-corrected chi connectivity index (χ2v) is 3.97. The van der Waals surface area contributed by atoms with Crippen molar-refractivity contribution in [3.05, 3.63) is 0 Å². The minimum absolute atomic E-state index is 0.657. The first-order valence-electron chi connectivity index (χ1n) is 5.07. The number of rotatable bonds is 2. The Kier molecular flexibility index (Phi) is 2.63. The quantitative estimate of drug-likeness (QED) is 0.600. The Balaban J connectivity index is 1.84. The molecule has 0 aromatic rings. The number of nitrogens with two attached hydrogens (primary N) is 1. The van der Waals surface area contributed by atoms with Crippen LogP contribution in [0, 0.1) is 0 Å². The Morgan fingerprint density at radius 3 is 3.25 bits per heavy atom. The van der Waals surface area contributed by atoms with Gasteiger partial charge in [-0.25, -0.2) is 0 Å². The lowest BCUT2D eigenvalue weighted by Crippen LogP contribution is -2.54. The second-order valence-electron chi connectivity index (χ2n) is 3.97. The summed E-state index contributed by atoms with van der Waals surface area (Å²) in [6.07, 6.45) is 3.91. The molecule has 0 radical (unpaired) electrons. The molecule has 0 aliphatic carbocycles. The van der Waals surface area contributed by atoms with Gasteiger partial charge in [0.1, 0.15) is 0 Å². The summed E-state index contributed by atoms with van der Waals surface area (Å²) in [5.41, 5.74) is 5.54. The molecule has 0 aromatic carbocycles. The lowest BCUT2D eigenvalue weighted by Gasteiger charge is -2.35. The molecule has 2 saturated heterocycles. The predicted octanol–water partition coefficient (Wildman–Crippen LogP) is -0.229. The van der Waals surface area contributed by atoms with Crippen molar-refractivity contribution in [3.63, 3.8) is 0 Å². The number of nitrogens with one attached hydrogen (secondary N) is 1. The number of piperazine rings is 1. The van der Waals surface area contributed by atoms with Gasteiger partial charge in [-0.15, -0.1) is 0 Å². The Bertz CT molecular complexity index is 149. The van der Waals surface area contributed by atoms with Crippen molar-refractivity contribution in [2.45, 2.75) is 31.3 Å². The summed E-state index contributed by atoms with van der Waals surface area (Å²) in [4.78, 5) is 2.62. The standard InChI is InChI=1S/C9H19N3/c10-4-3-8-7-12-5-1-2-9(12)6-11-8/h8-9,11H,1-7,10H2/t8?,9-/m0/s1. The third kappa shape index (κ3) is 1.63. The molecule has 0 amide bonds. The summed E-state index contributed by atoms with van der Waals surface area (Å²) in [5, 5.41) is 3.57. The van der Waals surface area contributed by atoms with E-state index < -0.39 is 0 Å². The van der Waals surface area contributed by atoms with Gasteiger partial charge in [0.2, 0.25) is 0 Å². The lowest BCUT2D eigenvalue weighted by molar-refractivity contribution is 0.169. The van der Waals surface area contributed by atoms with Crippen LogP contribution >= 0.6 is 0 Å². The van der Waals surface area contributed by atoms with E-state index in [0.29, 0.717) is 6.04 Å². The monoisotopic (exact) mass is 169 g/mol. The van der Waals surface area contributed by atoms with E-state index in [4.69, 9.17) is 5.73 Å². The molecule has 0 saturated carbocycles. The Labute approximate surface area is 74.3 Å². The van der Waals surface area contributed by atoms with E-state index in [1.807, 2.05) is 0 Å². The number of hydrogen-bond acceptors (Lipinski definition) is 3. The smallest absolute Gasteiger partial charge is 0.0221 e. The van der Waals surface area contributed by atoms with Gasteiger partial charge < -0.3 is 11.1 Å². The van der Waals surface area contributed by atoms with Crippen LogP contribution in [0.25, 0.3) is 0 Å². The van der Waals surface area contributed by atoms with E-state index in [0.717, 1.165) is 19.0 Å². The van der Waals surface area contributed by atoms with Crippen LogP contribution in [0.2, 0.25) is 0 Å². The molecule has 2 heterocycles. The highest BCUT2D eigenvalue weighted by Gasteiger charge is 2.30. The maximum absolute atomic E-state index is 5.54. The van der Waals surface area contributed by atoms with Crippen molar-refractivity contribution in [1.29, 1.82) is 0 Å². The minimum atomic E-state index is 0.657. The topological polar surface area (TPSA) is 41.3 Å². The molecule has 0 bridgehead atoms. The molecule has 12 heavy (non-hydrogen) atoms. The summed E-state index contributed by atoms with van der Waals surface area (Å²) in [6.45, 7) is 4.54. The van der Waals surface area contributed by atoms with Gasteiger partial charge in [0.15, 0.2) is 0 Å². The first kappa shape index (κ1) is 8.48. The Morgan fingerprint density at radius 2 is 2.42 bits per heavy atom. The highest BCUT2D eigenvalue weighted by Crippen LogP contribution is 2.20. The van der Waals surface area contributed by atoms with Crippen molar-refractivity contribution < 1.29 is 0 Å². The van der Waals surface area contributed by atoms with Crippen molar-refractivity contribution in [3.8, 4) is 0 Å². The highest BCUT2D eigenvalue weighted by molar-refractivity contribution is 4.89. The van der Waals surface area contributed by atoms with Crippen molar-refractivity contribution >= 4 is 0 Å². The molecular formula is C9H19N3. The summed E-state index contributed by atoms with van der Waals surface area (Å²) in [7, 11) is 0. The molecule has 2 rings (SSSR count). The first-order valence-corrected chi connectivity index (χ1v) is 5.07. The fourth-order valence-corrected chi connectivity index (χ4v) is 2.41. The largest absolute Gasteiger partial charge is 0.330 e. The van der Waals surface area contributed by atoms with E-state index in [1.54, 1.807) is 0 Å². The second kappa shape index (κ2) is 3.73. The van der Waals surface area contributed by atoms with E-state index in [2.05, 4.69) is 10.2 Å². The van der Waals surface area contributed by atoms with E-state index in [-0.39, 0.29) is 0 Å². The van der Waals surface area contributed by atoms with Crippen molar-refractivity contribution in [2.75, 3.05) is 26.2 Å². The van der Waals surface area contributed by atoms with Gasteiger partial charge in [0.25, 0.3) is 0 Å². The molecule has 2 fully saturated rings. The number of nitrogens with zero attached hydrogens (tertiary/aromatic N) is 1. The molecule has 2 aliphatic rings. The van der Waals surface area contributed by atoms with Crippen LogP contribution in [-0.2, 0) is 0 Å². The first-order chi connectivity index (χ1) is 5.90. The molecule has 0 aromatic heterocycles. The Morgan fingerprint density at radius 1 is 1.50 bits per heavy atom. The van der Waals surface area contributed by atoms with Crippen molar-refractivity contribution in [2.24, 2.45) is 5.73 Å². The third-order valence-electron chi connectivity index (χ3n) is 3.11. The third-order valence-corrected chi connectivity index (χ3v) is 3.11. The fraction of sp³-hybridized carbons (Fsp3) is 1.00. The number of hydrogen-bond donors (Lipinski definition) is 2. The normalized spacial score (nSPS) is 36.8. The van der Waals surface area contributed by atoms with Crippen LogP contribution < -0.4 is 11.1 Å². The molecular weight excluding hydrogens is 150 g/mol. The summed E-state index contributed by atoms with van der Waals surface area (Å²) < 4.78 is 0. The molecule has 3 N–H and O–H groups in total. The molecule has 2 atom stereocenters. The van der Waals surface area contributed by atoms with Crippen LogP contribution in [0.3, 0.4) is 0 Å². The maximum Gasteiger partial charge on any atom is 0.0221 e. The van der Waals surface area contributed by atoms with Crippen molar-refractivity contribution in [1.82, 2.24) is 10.2 Å². The average Bonchev–Trinajstić information content (AvgIpc) is 2.51. The molecule has 2 aliphatic heterocycles. The van der Waals surface area contributed by atoms with Gasteiger partial charge in [-0.1, -0.05) is 0 Å². The number of fused-ring (bicyclic) bond motifs is 1. The Hall–Kier alpha value is -0.120. The van der Waals surface area contributed by atoms with Crippen LogP contribution in [-0.4, -0.2) is 43.2 Å². The SMILES string of the molecule is NCCC1CN2CCC[C@H]2CN1. The molecule has 70 valence electrons. The van der Waals surface area contributed by atoms with Crippen LogP contribution in [0.5, 0.6) is 0 Å². The summed E-state index contributed by atoms with van der Waals surface area (Å²) in [6, 6.07) is 1.49. The lowest BCUT2D eigenvalue weighted by atomic mass is 10.1. The van der Waals surface area contributed by atoms with Gasteiger partial charge in [0.05, 0.1) is 0 Å². The van der Waals surface area contributed by atoms with Crippen LogP contribution in [0.15, 0.2) is 0 Å². The van der Waals surface area contributed by atoms with E-state index in [1.165, 1.54) is 32.5 Å². The zero-order valence-corrected chi connectivity index (χ0v) is 7.63. The summed E-state index contributed by atoms with van der Waals surface area (Å²) in [5.74, 6) is 0. The maximum atomic E-state index is 5.54. The zero-order chi connectivity index (χ0) is 8.39. The van der Waals surface area contributed by atoms with E-state index in [9.17, 15) is 0 Å². The molecule has 0 spiro atoms. The predicted molar refractivity (Wildman–Crippen MR) is 50.1 cm³/mol. The summed E-state index contributed by atoms with van der Waals surface area (Å²) >= 11 is 0. The van der Waals surface area contributed by atoms with E-state index >= 15 is 0 Å². The molecule has 3 heteroatoms. The highest BCUT2D eigenvalue weighted by atomic mass is 15.2. The average molecular weight is 169 g/mol. The fourth-order valence-electron chi connectivity index (χ4n) is 2.41. The molecule has 3 nitrogen and oxygen atoms in total. The van der Waals surface area contributed by atoms with Gasteiger partial charge in [-0.3, -0.25) is 4.90 Å². The van der Waals surface area contributed by atoms with Crippen LogP contribution in [0.1, 0.15) is 19.3 Å².